The van der Waals surface area contributed by atoms with Crippen molar-refractivity contribution in [3.63, 3.8) is 0 Å². The molecule has 0 aliphatic heterocycles. The zero-order chi connectivity index (χ0) is 14.7. The molecule has 0 amide bonds. The summed E-state index contributed by atoms with van der Waals surface area (Å²) in [6.07, 6.45) is 5.46. The third kappa shape index (κ3) is 3.47. The van der Waals surface area contributed by atoms with Gasteiger partial charge in [-0.15, -0.1) is 0 Å². The monoisotopic (exact) mass is 274 g/mol. The summed E-state index contributed by atoms with van der Waals surface area (Å²) < 4.78 is 0. The molecule has 0 aromatic heterocycles. The highest BCUT2D eigenvalue weighted by Gasteiger charge is 2.27. The van der Waals surface area contributed by atoms with E-state index >= 15 is 0 Å². The van der Waals surface area contributed by atoms with Crippen molar-refractivity contribution in [1.29, 1.82) is 0 Å². The van der Waals surface area contributed by atoms with E-state index in [1.165, 1.54) is 42.6 Å². The van der Waals surface area contributed by atoms with Gasteiger partial charge in [-0.05, 0) is 49.3 Å². The molecule has 2 heteroatoms. The molecule has 112 valence electrons. The molecule has 0 saturated heterocycles. The SMILES string of the molecule is Cc1ccc(NC2CCCCC2C(C)C)cc1N(C)C. The predicted molar refractivity (Wildman–Crippen MR) is 89.7 cm³/mol. The van der Waals surface area contributed by atoms with E-state index in [2.05, 4.69) is 63.3 Å². The Morgan fingerprint density at radius 1 is 1.15 bits per heavy atom. The van der Waals surface area contributed by atoms with Crippen molar-refractivity contribution >= 4 is 11.4 Å². The van der Waals surface area contributed by atoms with E-state index in [-0.39, 0.29) is 0 Å². The Bertz CT molecular complexity index is 437. The zero-order valence-electron chi connectivity index (χ0n) is 13.7. The van der Waals surface area contributed by atoms with Gasteiger partial charge in [-0.2, -0.15) is 0 Å². The van der Waals surface area contributed by atoms with E-state index in [1.54, 1.807) is 0 Å². The van der Waals surface area contributed by atoms with E-state index in [0.717, 1.165) is 11.8 Å². The molecule has 0 spiro atoms. The van der Waals surface area contributed by atoms with Gasteiger partial charge in [0.05, 0.1) is 0 Å². The summed E-state index contributed by atoms with van der Waals surface area (Å²) in [7, 11) is 4.23. The van der Waals surface area contributed by atoms with Crippen molar-refractivity contribution < 1.29 is 0 Å². The summed E-state index contributed by atoms with van der Waals surface area (Å²) in [6, 6.07) is 7.39. The van der Waals surface area contributed by atoms with Crippen LogP contribution in [0.15, 0.2) is 18.2 Å². The highest BCUT2D eigenvalue weighted by atomic mass is 15.1. The van der Waals surface area contributed by atoms with Gasteiger partial charge in [-0.1, -0.05) is 32.8 Å². The summed E-state index contributed by atoms with van der Waals surface area (Å²) in [5, 5.41) is 3.81. The molecule has 20 heavy (non-hydrogen) atoms. The zero-order valence-corrected chi connectivity index (χ0v) is 13.7. The highest BCUT2D eigenvalue weighted by molar-refractivity contribution is 5.62. The first-order valence-corrected chi connectivity index (χ1v) is 8.03. The lowest BCUT2D eigenvalue weighted by molar-refractivity contribution is 0.254. The first-order valence-electron chi connectivity index (χ1n) is 8.03. The Morgan fingerprint density at radius 2 is 1.85 bits per heavy atom. The summed E-state index contributed by atoms with van der Waals surface area (Å²) in [5.74, 6) is 1.58. The Balaban J connectivity index is 2.14. The van der Waals surface area contributed by atoms with Crippen LogP contribution in [0.5, 0.6) is 0 Å². The van der Waals surface area contributed by atoms with Crippen LogP contribution in [0.1, 0.15) is 45.1 Å². The fourth-order valence-corrected chi connectivity index (χ4v) is 3.53. The molecule has 0 heterocycles. The largest absolute Gasteiger partial charge is 0.382 e. The molecule has 2 rings (SSSR count). The van der Waals surface area contributed by atoms with Gasteiger partial charge in [0.15, 0.2) is 0 Å². The minimum Gasteiger partial charge on any atom is -0.382 e. The average molecular weight is 274 g/mol. The van der Waals surface area contributed by atoms with Crippen LogP contribution in [-0.2, 0) is 0 Å². The molecular formula is C18H30N2. The normalized spacial score (nSPS) is 22.9. The number of hydrogen-bond acceptors (Lipinski definition) is 2. The third-order valence-electron chi connectivity index (χ3n) is 4.72. The predicted octanol–water partition coefficient (Wildman–Crippen LogP) is 4.69. The van der Waals surface area contributed by atoms with Crippen molar-refractivity contribution in [2.24, 2.45) is 11.8 Å². The molecule has 1 aromatic carbocycles. The van der Waals surface area contributed by atoms with Crippen molar-refractivity contribution in [1.82, 2.24) is 0 Å². The van der Waals surface area contributed by atoms with Gasteiger partial charge in [0.25, 0.3) is 0 Å². The molecule has 0 radical (unpaired) electrons. The number of aryl methyl sites for hydroxylation is 1. The van der Waals surface area contributed by atoms with Crippen LogP contribution < -0.4 is 10.2 Å². The summed E-state index contributed by atoms with van der Waals surface area (Å²) in [5.41, 5.74) is 3.92. The van der Waals surface area contributed by atoms with Crippen LogP contribution in [0.3, 0.4) is 0 Å². The summed E-state index contributed by atoms with van der Waals surface area (Å²) >= 11 is 0. The van der Waals surface area contributed by atoms with E-state index in [4.69, 9.17) is 0 Å². The molecule has 2 unspecified atom stereocenters. The van der Waals surface area contributed by atoms with Gasteiger partial charge in [0.2, 0.25) is 0 Å². The van der Waals surface area contributed by atoms with Crippen molar-refractivity contribution in [3.8, 4) is 0 Å². The molecule has 0 bridgehead atoms. The van der Waals surface area contributed by atoms with Gasteiger partial charge < -0.3 is 10.2 Å². The van der Waals surface area contributed by atoms with Crippen LogP contribution >= 0.6 is 0 Å². The van der Waals surface area contributed by atoms with Crippen LogP contribution in [0.25, 0.3) is 0 Å². The molecule has 1 N–H and O–H groups in total. The van der Waals surface area contributed by atoms with E-state index in [1.807, 2.05) is 0 Å². The number of anilines is 2. The Hall–Kier alpha value is -1.18. The van der Waals surface area contributed by atoms with E-state index in [9.17, 15) is 0 Å². The standard InChI is InChI=1S/C18H30N2/c1-13(2)16-8-6-7-9-17(16)19-15-11-10-14(3)18(12-15)20(4)5/h10-13,16-17,19H,6-9H2,1-5H3. The molecule has 1 aliphatic rings. The van der Waals surface area contributed by atoms with Gasteiger partial charge in [-0.3, -0.25) is 0 Å². The van der Waals surface area contributed by atoms with Crippen LogP contribution in [-0.4, -0.2) is 20.1 Å². The molecular weight excluding hydrogens is 244 g/mol. The van der Waals surface area contributed by atoms with E-state index < -0.39 is 0 Å². The number of nitrogens with zero attached hydrogens (tertiary/aromatic N) is 1. The third-order valence-corrected chi connectivity index (χ3v) is 4.72. The number of nitrogens with one attached hydrogen (secondary N) is 1. The molecule has 1 aliphatic carbocycles. The second-order valence-corrected chi connectivity index (χ2v) is 6.84. The molecule has 2 nitrogen and oxygen atoms in total. The Morgan fingerprint density at radius 3 is 2.50 bits per heavy atom. The summed E-state index contributed by atoms with van der Waals surface area (Å²) in [4.78, 5) is 2.20. The Labute approximate surface area is 124 Å². The first-order chi connectivity index (χ1) is 9.49. The maximum Gasteiger partial charge on any atom is 0.0411 e. The lowest BCUT2D eigenvalue weighted by Crippen LogP contribution is -2.35. The summed E-state index contributed by atoms with van der Waals surface area (Å²) in [6.45, 7) is 6.91. The van der Waals surface area contributed by atoms with Crippen LogP contribution in [0, 0.1) is 18.8 Å². The number of benzene rings is 1. The maximum absolute atomic E-state index is 3.81. The fraction of sp³-hybridized carbons (Fsp3) is 0.667. The minimum atomic E-state index is 0.640. The second kappa shape index (κ2) is 6.51. The maximum atomic E-state index is 3.81. The quantitative estimate of drug-likeness (QED) is 0.857. The van der Waals surface area contributed by atoms with Gasteiger partial charge >= 0.3 is 0 Å². The fourth-order valence-electron chi connectivity index (χ4n) is 3.53. The first kappa shape index (κ1) is 15.2. The van der Waals surface area contributed by atoms with Gasteiger partial charge in [0.1, 0.15) is 0 Å². The van der Waals surface area contributed by atoms with Crippen LogP contribution in [0.4, 0.5) is 11.4 Å². The molecule has 1 saturated carbocycles. The topological polar surface area (TPSA) is 15.3 Å². The molecule has 1 fully saturated rings. The van der Waals surface area contributed by atoms with E-state index in [0.29, 0.717) is 6.04 Å². The van der Waals surface area contributed by atoms with Gasteiger partial charge in [-0.25, -0.2) is 0 Å². The van der Waals surface area contributed by atoms with Crippen LogP contribution in [0.2, 0.25) is 0 Å². The highest BCUT2D eigenvalue weighted by Crippen LogP contribution is 2.33. The lowest BCUT2D eigenvalue weighted by atomic mass is 9.78. The average Bonchev–Trinajstić information content (AvgIpc) is 2.41. The molecule has 1 aromatic rings. The Kier molecular flexibility index (Phi) is 4.95. The minimum absolute atomic E-state index is 0.640. The number of rotatable bonds is 4. The molecule has 2 atom stereocenters. The van der Waals surface area contributed by atoms with Crippen molar-refractivity contribution in [2.75, 3.05) is 24.3 Å². The smallest absolute Gasteiger partial charge is 0.0411 e. The second-order valence-electron chi connectivity index (χ2n) is 6.84. The van der Waals surface area contributed by atoms with Crippen molar-refractivity contribution in [2.45, 2.75) is 52.5 Å². The lowest BCUT2D eigenvalue weighted by Gasteiger charge is -2.35. The number of hydrogen-bond donors (Lipinski definition) is 1. The van der Waals surface area contributed by atoms with Gasteiger partial charge in [0, 0.05) is 31.5 Å². The van der Waals surface area contributed by atoms with Crippen molar-refractivity contribution in [3.05, 3.63) is 23.8 Å².